The molecule has 0 saturated heterocycles. The van der Waals surface area contributed by atoms with Gasteiger partial charge in [0.15, 0.2) is 11.9 Å². The van der Waals surface area contributed by atoms with Crippen molar-refractivity contribution in [1.82, 2.24) is 5.32 Å². The predicted molar refractivity (Wildman–Crippen MR) is 73.2 cm³/mol. The van der Waals surface area contributed by atoms with Gasteiger partial charge in [0.05, 0.1) is 0 Å². The number of nitrogens with one attached hydrogen (secondary N) is 1. The SMILES string of the molecule is CC(=O)c1cccc(OC(C)C(=O)N[C@@H](C)CN)c1. The highest BCUT2D eigenvalue weighted by Gasteiger charge is 2.16. The highest BCUT2D eigenvalue weighted by atomic mass is 16.5. The van der Waals surface area contributed by atoms with Crippen molar-refractivity contribution in [1.29, 1.82) is 0 Å². The Balaban J connectivity index is 2.66. The summed E-state index contributed by atoms with van der Waals surface area (Å²) in [5, 5.41) is 2.73. The number of rotatable bonds is 6. The Kier molecular flexibility index (Phi) is 5.51. The fourth-order valence-electron chi connectivity index (χ4n) is 1.47. The van der Waals surface area contributed by atoms with Crippen LogP contribution in [0.4, 0.5) is 0 Å². The Bertz CT molecular complexity index is 460. The molecule has 0 heterocycles. The number of carbonyl (C=O) groups is 2. The largest absolute Gasteiger partial charge is 0.481 e. The highest BCUT2D eigenvalue weighted by Crippen LogP contribution is 2.15. The second-order valence-corrected chi connectivity index (χ2v) is 4.49. The van der Waals surface area contributed by atoms with E-state index in [1.54, 1.807) is 31.2 Å². The minimum atomic E-state index is -0.642. The average Bonchev–Trinajstić information content (AvgIpc) is 2.38. The third kappa shape index (κ3) is 4.71. The molecule has 0 bridgehead atoms. The molecule has 0 aliphatic heterocycles. The molecule has 19 heavy (non-hydrogen) atoms. The van der Waals surface area contributed by atoms with Crippen molar-refractivity contribution in [3.8, 4) is 5.75 Å². The van der Waals surface area contributed by atoms with Gasteiger partial charge in [-0.3, -0.25) is 9.59 Å². The minimum absolute atomic E-state index is 0.0423. The summed E-state index contributed by atoms with van der Waals surface area (Å²) in [4.78, 5) is 23.0. The van der Waals surface area contributed by atoms with Gasteiger partial charge in [-0.05, 0) is 32.9 Å². The number of hydrogen-bond acceptors (Lipinski definition) is 4. The summed E-state index contributed by atoms with van der Waals surface area (Å²) < 4.78 is 5.51. The molecule has 1 aromatic rings. The van der Waals surface area contributed by atoms with E-state index in [2.05, 4.69) is 5.32 Å². The number of amides is 1. The Hall–Kier alpha value is -1.88. The van der Waals surface area contributed by atoms with E-state index in [0.717, 1.165) is 0 Å². The van der Waals surface area contributed by atoms with Crippen LogP contribution in [0.15, 0.2) is 24.3 Å². The van der Waals surface area contributed by atoms with E-state index in [-0.39, 0.29) is 17.7 Å². The van der Waals surface area contributed by atoms with Crippen LogP contribution >= 0.6 is 0 Å². The number of carbonyl (C=O) groups excluding carboxylic acids is 2. The lowest BCUT2D eigenvalue weighted by atomic mass is 10.1. The van der Waals surface area contributed by atoms with Crippen molar-refractivity contribution in [3.05, 3.63) is 29.8 Å². The summed E-state index contributed by atoms with van der Waals surface area (Å²) in [6.45, 7) is 5.33. The van der Waals surface area contributed by atoms with Crippen LogP contribution in [-0.4, -0.2) is 30.4 Å². The molecule has 1 amide bonds. The first-order valence-electron chi connectivity index (χ1n) is 6.22. The van der Waals surface area contributed by atoms with Crippen molar-refractivity contribution in [2.45, 2.75) is 32.9 Å². The molecule has 5 nitrogen and oxygen atoms in total. The molecule has 0 aliphatic carbocycles. The lowest BCUT2D eigenvalue weighted by Gasteiger charge is -2.17. The van der Waals surface area contributed by atoms with Crippen molar-refractivity contribution in [3.63, 3.8) is 0 Å². The molecule has 1 unspecified atom stereocenters. The van der Waals surface area contributed by atoms with Crippen LogP contribution in [0.2, 0.25) is 0 Å². The van der Waals surface area contributed by atoms with Crippen molar-refractivity contribution >= 4 is 11.7 Å². The van der Waals surface area contributed by atoms with Crippen LogP contribution < -0.4 is 15.8 Å². The third-order valence-electron chi connectivity index (χ3n) is 2.66. The van der Waals surface area contributed by atoms with Gasteiger partial charge in [0.25, 0.3) is 5.91 Å². The van der Waals surface area contributed by atoms with Crippen LogP contribution in [0.1, 0.15) is 31.1 Å². The molecule has 0 spiro atoms. The van der Waals surface area contributed by atoms with Gasteiger partial charge in [-0.25, -0.2) is 0 Å². The van der Waals surface area contributed by atoms with E-state index in [1.807, 2.05) is 6.92 Å². The number of ketones is 1. The summed E-state index contributed by atoms with van der Waals surface area (Å²) in [6.07, 6.45) is -0.642. The summed E-state index contributed by atoms with van der Waals surface area (Å²) in [6, 6.07) is 6.67. The quantitative estimate of drug-likeness (QED) is 0.754. The van der Waals surface area contributed by atoms with Crippen molar-refractivity contribution in [2.75, 3.05) is 6.54 Å². The molecule has 0 saturated carbocycles. The first kappa shape index (κ1) is 15.2. The standard InChI is InChI=1S/C14H20N2O3/c1-9(8-15)16-14(18)11(3)19-13-6-4-5-12(7-13)10(2)17/h4-7,9,11H,8,15H2,1-3H3,(H,16,18)/t9-,11?/m0/s1. The monoisotopic (exact) mass is 264 g/mol. The molecule has 1 rings (SSSR count). The third-order valence-corrected chi connectivity index (χ3v) is 2.66. The fraction of sp³-hybridized carbons (Fsp3) is 0.429. The van der Waals surface area contributed by atoms with Gasteiger partial charge in [0.2, 0.25) is 0 Å². The number of Topliss-reactive ketones (excluding diaryl/α,β-unsaturated/α-hetero) is 1. The first-order chi connectivity index (χ1) is 8.93. The first-order valence-corrected chi connectivity index (χ1v) is 6.22. The number of nitrogens with two attached hydrogens (primary N) is 1. The Morgan fingerprint density at radius 1 is 1.37 bits per heavy atom. The smallest absolute Gasteiger partial charge is 0.261 e. The van der Waals surface area contributed by atoms with E-state index in [9.17, 15) is 9.59 Å². The van der Waals surface area contributed by atoms with Gasteiger partial charge in [-0.15, -0.1) is 0 Å². The molecule has 3 N–H and O–H groups in total. The highest BCUT2D eigenvalue weighted by molar-refractivity contribution is 5.94. The lowest BCUT2D eigenvalue weighted by Crippen LogP contribution is -2.44. The summed E-state index contributed by atoms with van der Waals surface area (Å²) in [5.41, 5.74) is 5.99. The summed E-state index contributed by atoms with van der Waals surface area (Å²) in [7, 11) is 0. The molecular formula is C14H20N2O3. The van der Waals surface area contributed by atoms with E-state index < -0.39 is 6.10 Å². The summed E-state index contributed by atoms with van der Waals surface area (Å²) >= 11 is 0. The number of hydrogen-bond donors (Lipinski definition) is 2. The second kappa shape index (κ2) is 6.89. The summed E-state index contributed by atoms with van der Waals surface area (Å²) in [5.74, 6) is 0.223. The molecule has 1 aromatic carbocycles. The van der Waals surface area contributed by atoms with Crippen LogP contribution in [0, 0.1) is 0 Å². The van der Waals surface area contributed by atoms with Crippen LogP contribution in [-0.2, 0) is 4.79 Å². The van der Waals surface area contributed by atoms with Gasteiger partial charge in [-0.1, -0.05) is 12.1 Å². The topological polar surface area (TPSA) is 81.4 Å². The maximum absolute atomic E-state index is 11.8. The minimum Gasteiger partial charge on any atom is -0.481 e. The zero-order valence-corrected chi connectivity index (χ0v) is 11.5. The molecule has 0 aromatic heterocycles. The molecule has 0 fully saturated rings. The van der Waals surface area contributed by atoms with Crippen LogP contribution in [0.25, 0.3) is 0 Å². The Morgan fingerprint density at radius 2 is 2.05 bits per heavy atom. The lowest BCUT2D eigenvalue weighted by molar-refractivity contribution is -0.127. The van der Waals surface area contributed by atoms with Crippen molar-refractivity contribution in [2.24, 2.45) is 5.73 Å². The van der Waals surface area contributed by atoms with Gasteiger partial charge < -0.3 is 15.8 Å². The van der Waals surface area contributed by atoms with Crippen molar-refractivity contribution < 1.29 is 14.3 Å². The predicted octanol–water partition coefficient (Wildman–Crippen LogP) is 1.12. The molecule has 5 heteroatoms. The van der Waals surface area contributed by atoms with Gasteiger partial charge >= 0.3 is 0 Å². The van der Waals surface area contributed by atoms with E-state index >= 15 is 0 Å². The molecule has 2 atom stereocenters. The van der Waals surface area contributed by atoms with Gasteiger partial charge in [0, 0.05) is 18.2 Å². The molecule has 0 aliphatic rings. The number of benzene rings is 1. The maximum Gasteiger partial charge on any atom is 0.261 e. The Morgan fingerprint density at radius 3 is 2.63 bits per heavy atom. The van der Waals surface area contributed by atoms with Crippen LogP contribution in [0.5, 0.6) is 5.75 Å². The molecule has 104 valence electrons. The zero-order chi connectivity index (χ0) is 14.4. The van der Waals surface area contributed by atoms with E-state index in [1.165, 1.54) is 6.92 Å². The van der Waals surface area contributed by atoms with Gasteiger partial charge in [-0.2, -0.15) is 0 Å². The Labute approximate surface area is 113 Å². The molecule has 0 radical (unpaired) electrons. The van der Waals surface area contributed by atoms with E-state index in [0.29, 0.717) is 17.9 Å². The fourth-order valence-corrected chi connectivity index (χ4v) is 1.47. The number of ether oxygens (including phenoxy) is 1. The maximum atomic E-state index is 11.8. The average molecular weight is 264 g/mol. The van der Waals surface area contributed by atoms with Gasteiger partial charge in [0.1, 0.15) is 5.75 Å². The van der Waals surface area contributed by atoms with E-state index in [4.69, 9.17) is 10.5 Å². The molecular weight excluding hydrogens is 244 g/mol. The van der Waals surface area contributed by atoms with Crippen LogP contribution in [0.3, 0.4) is 0 Å². The normalized spacial score (nSPS) is 13.5. The zero-order valence-electron chi connectivity index (χ0n) is 11.5. The second-order valence-electron chi connectivity index (χ2n) is 4.49.